The smallest absolute Gasteiger partial charge is 0.339 e. The first kappa shape index (κ1) is 23.0. The van der Waals surface area contributed by atoms with E-state index in [1.54, 1.807) is 11.3 Å². The molecule has 1 unspecified atom stereocenters. The number of rotatable bonds is 10. The number of hydrogen-bond acceptors (Lipinski definition) is 7. The van der Waals surface area contributed by atoms with Gasteiger partial charge in [0.1, 0.15) is 18.0 Å². The maximum Gasteiger partial charge on any atom is 0.339 e. The topological polar surface area (TPSA) is 60.9 Å². The van der Waals surface area contributed by atoms with E-state index in [-0.39, 0.29) is 0 Å². The average molecular weight is 443 g/mol. The summed E-state index contributed by atoms with van der Waals surface area (Å²) < 4.78 is 7.11. The molecule has 0 amide bonds. The molecule has 0 bridgehead atoms. The van der Waals surface area contributed by atoms with E-state index in [2.05, 4.69) is 29.8 Å². The number of hydrogen-bond donors (Lipinski definition) is 0. The molecule has 6 nitrogen and oxygen atoms in total. The van der Waals surface area contributed by atoms with E-state index in [1.165, 1.54) is 11.6 Å². The van der Waals surface area contributed by atoms with Gasteiger partial charge in [-0.2, -0.15) is 4.89 Å². The Kier molecular flexibility index (Phi) is 7.51. The Labute approximate surface area is 187 Å². The molecule has 0 fully saturated rings. The van der Waals surface area contributed by atoms with E-state index in [0.717, 1.165) is 28.5 Å². The van der Waals surface area contributed by atoms with Crippen LogP contribution in [0.2, 0.25) is 0 Å². The van der Waals surface area contributed by atoms with Crippen molar-refractivity contribution in [1.29, 1.82) is 0 Å². The maximum atomic E-state index is 11.2. The van der Waals surface area contributed by atoms with E-state index < -0.39 is 11.6 Å². The Morgan fingerprint density at radius 1 is 1.16 bits per heavy atom. The average Bonchev–Trinajstić information content (AvgIpc) is 3.17. The van der Waals surface area contributed by atoms with Crippen LogP contribution in [0.5, 0.6) is 5.75 Å². The van der Waals surface area contributed by atoms with Gasteiger partial charge >= 0.3 is 5.97 Å². The van der Waals surface area contributed by atoms with Crippen molar-refractivity contribution in [1.82, 2.24) is 4.98 Å². The number of benzene rings is 2. The Hall–Kier alpha value is -2.64. The zero-order chi connectivity index (χ0) is 22.4. The van der Waals surface area contributed by atoms with Crippen molar-refractivity contribution in [2.24, 2.45) is 5.92 Å². The van der Waals surface area contributed by atoms with E-state index in [1.807, 2.05) is 56.4 Å². The molecule has 2 aromatic carbocycles. The van der Waals surface area contributed by atoms with Crippen molar-refractivity contribution in [3.8, 4) is 5.75 Å². The second kappa shape index (κ2) is 10.1. The van der Waals surface area contributed by atoms with Gasteiger partial charge in [-0.1, -0.05) is 49.4 Å². The van der Waals surface area contributed by atoms with Gasteiger partial charge in [-0.15, -0.1) is 0 Å². The van der Waals surface area contributed by atoms with Crippen LogP contribution in [-0.4, -0.2) is 31.2 Å². The number of ether oxygens (including phenoxy) is 1. The Balaban J connectivity index is 1.58. The molecule has 0 radical (unpaired) electrons. The molecule has 166 valence electrons. The van der Waals surface area contributed by atoms with Crippen molar-refractivity contribution in [2.45, 2.75) is 39.7 Å². The molecule has 0 spiro atoms. The maximum absolute atomic E-state index is 11.2. The fourth-order valence-electron chi connectivity index (χ4n) is 3.45. The highest BCUT2D eigenvalue weighted by Gasteiger charge is 2.31. The number of carbonyl (C=O) groups is 1. The number of thiazole rings is 1. The molecular formula is C24H30N2O4S. The number of para-hydroxylation sites is 1. The molecule has 1 heterocycles. The van der Waals surface area contributed by atoms with E-state index in [4.69, 9.17) is 14.5 Å². The summed E-state index contributed by atoms with van der Waals surface area (Å²) in [4.78, 5) is 28.4. The SMILES string of the molecule is CC(=O)OOC(C)(CC(C)C)c1ccc(OCCN(C)c2nc3ccccc3s2)cc1. The largest absolute Gasteiger partial charge is 0.492 e. The van der Waals surface area contributed by atoms with Crippen molar-refractivity contribution in [2.75, 3.05) is 25.1 Å². The summed E-state index contributed by atoms with van der Waals surface area (Å²) in [5.74, 6) is 0.683. The molecule has 1 atom stereocenters. The minimum absolute atomic E-state index is 0.370. The van der Waals surface area contributed by atoms with Gasteiger partial charge in [-0.25, -0.2) is 9.78 Å². The van der Waals surface area contributed by atoms with Crippen LogP contribution in [0.4, 0.5) is 5.13 Å². The lowest BCUT2D eigenvalue weighted by molar-refractivity contribution is -0.336. The number of likely N-dealkylation sites (N-methyl/N-ethyl adjacent to an activating group) is 1. The second-order valence-corrected chi connectivity index (χ2v) is 9.25. The van der Waals surface area contributed by atoms with E-state index in [9.17, 15) is 4.79 Å². The number of anilines is 1. The first-order valence-electron chi connectivity index (χ1n) is 10.4. The van der Waals surface area contributed by atoms with Crippen LogP contribution in [0.3, 0.4) is 0 Å². The molecule has 0 saturated heterocycles. The van der Waals surface area contributed by atoms with Crippen LogP contribution in [0.25, 0.3) is 10.2 Å². The van der Waals surface area contributed by atoms with Crippen molar-refractivity contribution < 1.29 is 19.3 Å². The van der Waals surface area contributed by atoms with Crippen LogP contribution >= 0.6 is 11.3 Å². The third-order valence-electron chi connectivity index (χ3n) is 4.91. The molecule has 0 aliphatic heterocycles. The molecule has 3 rings (SSSR count). The summed E-state index contributed by atoms with van der Waals surface area (Å²) in [6.07, 6.45) is 0.716. The van der Waals surface area contributed by atoms with Gasteiger partial charge < -0.3 is 9.64 Å². The summed E-state index contributed by atoms with van der Waals surface area (Å²) in [6, 6.07) is 15.9. The molecule has 0 saturated carbocycles. The second-order valence-electron chi connectivity index (χ2n) is 8.25. The van der Waals surface area contributed by atoms with Crippen LogP contribution in [0.1, 0.15) is 39.7 Å². The van der Waals surface area contributed by atoms with Crippen molar-refractivity contribution in [3.05, 3.63) is 54.1 Å². The summed E-state index contributed by atoms with van der Waals surface area (Å²) in [5, 5.41) is 0.979. The molecule has 0 aliphatic rings. The van der Waals surface area contributed by atoms with Crippen LogP contribution in [-0.2, 0) is 20.2 Å². The summed E-state index contributed by atoms with van der Waals surface area (Å²) in [7, 11) is 2.02. The number of nitrogens with zero attached hydrogens (tertiary/aromatic N) is 2. The molecular weight excluding hydrogens is 412 g/mol. The fraction of sp³-hybridized carbons (Fsp3) is 0.417. The van der Waals surface area contributed by atoms with Crippen LogP contribution < -0.4 is 9.64 Å². The van der Waals surface area contributed by atoms with E-state index in [0.29, 0.717) is 18.9 Å². The standard InChI is InChI=1S/C24H30N2O4S/c1-17(2)16-24(4,30-29-18(3)27)19-10-12-20(13-11-19)28-15-14-26(5)23-25-21-8-6-7-9-22(21)31-23/h6-13,17H,14-16H2,1-5H3. The lowest BCUT2D eigenvalue weighted by atomic mass is 9.87. The van der Waals surface area contributed by atoms with Gasteiger partial charge in [0, 0.05) is 14.0 Å². The van der Waals surface area contributed by atoms with Crippen LogP contribution in [0.15, 0.2) is 48.5 Å². The fourth-order valence-corrected chi connectivity index (χ4v) is 4.41. The number of carbonyl (C=O) groups excluding carboxylic acids is 1. The van der Waals surface area contributed by atoms with Gasteiger partial charge in [-0.05, 0) is 49.1 Å². The third-order valence-corrected chi connectivity index (χ3v) is 6.06. The zero-order valence-corrected chi connectivity index (χ0v) is 19.6. The predicted molar refractivity (Wildman–Crippen MR) is 124 cm³/mol. The normalized spacial score (nSPS) is 13.2. The van der Waals surface area contributed by atoms with Crippen molar-refractivity contribution >= 4 is 32.7 Å². The monoisotopic (exact) mass is 442 g/mol. The number of fused-ring (bicyclic) bond motifs is 1. The molecule has 1 aromatic heterocycles. The van der Waals surface area contributed by atoms with Gasteiger partial charge in [0.25, 0.3) is 0 Å². The quantitative estimate of drug-likeness (QED) is 0.302. The van der Waals surface area contributed by atoms with Gasteiger partial charge in [0.15, 0.2) is 5.13 Å². The van der Waals surface area contributed by atoms with Crippen LogP contribution in [0, 0.1) is 5.92 Å². The third kappa shape index (κ3) is 6.18. The zero-order valence-electron chi connectivity index (χ0n) is 18.8. The minimum atomic E-state index is -0.717. The minimum Gasteiger partial charge on any atom is -0.492 e. The molecule has 0 N–H and O–H groups in total. The molecule has 0 aliphatic carbocycles. The highest BCUT2D eigenvalue weighted by molar-refractivity contribution is 7.22. The van der Waals surface area contributed by atoms with Crippen molar-refractivity contribution in [3.63, 3.8) is 0 Å². The van der Waals surface area contributed by atoms with Gasteiger partial charge in [0.2, 0.25) is 0 Å². The summed E-state index contributed by atoms with van der Waals surface area (Å²) in [5.41, 5.74) is 1.23. The lowest BCUT2D eigenvalue weighted by Gasteiger charge is -2.29. The number of aromatic nitrogens is 1. The van der Waals surface area contributed by atoms with Gasteiger partial charge in [0.05, 0.1) is 16.8 Å². The summed E-state index contributed by atoms with van der Waals surface area (Å²) in [6.45, 7) is 8.74. The lowest BCUT2D eigenvalue weighted by Crippen LogP contribution is -2.29. The first-order chi connectivity index (χ1) is 14.8. The molecule has 7 heteroatoms. The summed E-state index contributed by atoms with van der Waals surface area (Å²) >= 11 is 1.68. The van der Waals surface area contributed by atoms with Gasteiger partial charge in [-0.3, -0.25) is 4.89 Å². The highest BCUT2D eigenvalue weighted by atomic mass is 32.1. The Morgan fingerprint density at radius 2 is 1.87 bits per heavy atom. The molecule has 3 aromatic rings. The Morgan fingerprint density at radius 3 is 2.52 bits per heavy atom. The molecule has 31 heavy (non-hydrogen) atoms. The first-order valence-corrected chi connectivity index (χ1v) is 11.2. The van der Waals surface area contributed by atoms with E-state index >= 15 is 0 Å². The highest BCUT2D eigenvalue weighted by Crippen LogP contribution is 2.34. The Bertz CT molecular complexity index is 969. The predicted octanol–water partition coefficient (Wildman–Crippen LogP) is 5.57.